The second-order valence-electron chi connectivity index (χ2n) is 7.13. The van der Waals surface area contributed by atoms with Crippen LogP contribution in [0, 0.1) is 10.1 Å². The number of nitro groups is 1. The summed E-state index contributed by atoms with van der Waals surface area (Å²) in [5, 5.41) is 24.0. The van der Waals surface area contributed by atoms with Crippen LogP contribution in [0.25, 0.3) is 0 Å². The van der Waals surface area contributed by atoms with E-state index < -0.39 is 4.92 Å². The summed E-state index contributed by atoms with van der Waals surface area (Å²) in [5.74, 6) is 0.523. The number of aliphatic hydroxyl groups is 1. The third kappa shape index (κ3) is 5.39. The summed E-state index contributed by atoms with van der Waals surface area (Å²) in [7, 11) is 0. The molecule has 1 aliphatic rings. The van der Waals surface area contributed by atoms with Crippen LogP contribution in [0.2, 0.25) is 0 Å². The van der Waals surface area contributed by atoms with Crippen molar-refractivity contribution in [3.05, 3.63) is 46.3 Å². The molecule has 1 saturated heterocycles. The Morgan fingerprint density at radius 1 is 1.17 bits per heavy atom. The summed E-state index contributed by atoms with van der Waals surface area (Å²) < 4.78 is 0. The van der Waals surface area contributed by atoms with E-state index in [0.717, 1.165) is 38.0 Å². The van der Waals surface area contributed by atoms with Crippen LogP contribution < -0.4 is 10.2 Å². The lowest BCUT2D eigenvalue weighted by molar-refractivity contribution is -0.383. The Morgan fingerprint density at radius 3 is 2.52 bits per heavy atom. The van der Waals surface area contributed by atoms with E-state index in [4.69, 9.17) is 5.11 Å². The largest absolute Gasteiger partial charge is 0.395 e. The van der Waals surface area contributed by atoms with Gasteiger partial charge in [0.15, 0.2) is 0 Å². The van der Waals surface area contributed by atoms with Crippen molar-refractivity contribution < 1.29 is 10.0 Å². The molecule has 1 aromatic heterocycles. The lowest BCUT2D eigenvalue weighted by Gasteiger charge is -2.34. The van der Waals surface area contributed by atoms with Crippen LogP contribution in [0.15, 0.2) is 30.6 Å². The minimum atomic E-state index is -0.423. The molecule has 9 nitrogen and oxygen atoms in total. The molecule has 0 aliphatic carbocycles. The van der Waals surface area contributed by atoms with Gasteiger partial charge in [0.25, 0.3) is 0 Å². The van der Waals surface area contributed by atoms with Crippen LogP contribution >= 0.6 is 0 Å². The van der Waals surface area contributed by atoms with Crippen molar-refractivity contribution in [3.63, 3.8) is 0 Å². The predicted molar refractivity (Wildman–Crippen MR) is 113 cm³/mol. The molecule has 0 saturated carbocycles. The Hall–Kier alpha value is -2.78. The first-order valence-electron chi connectivity index (χ1n) is 10.1. The molecule has 29 heavy (non-hydrogen) atoms. The molecule has 2 heterocycles. The molecule has 1 aromatic carbocycles. The highest BCUT2D eigenvalue weighted by Gasteiger charge is 2.29. The molecule has 9 heteroatoms. The van der Waals surface area contributed by atoms with E-state index in [2.05, 4.69) is 27.1 Å². The number of hydrogen-bond acceptors (Lipinski definition) is 8. The van der Waals surface area contributed by atoms with Crippen LogP contribution in [0.3, 0.4) is 0 Å². The highest BCUT2D eigenvalue weighted by atomic mass is 16.6. The zero-order valence-electron chi connectivity index (χ0n) is 16.8. The summed E-state index contributed by atoms with van der Waals surface area (Å²) in [6.45, 7) is 5.56. The van der Waals surface area contributed by atoms with E-state index in [-0.39, 0.29) is 18.1 Å². The monoisotopic (exact) mass is 400 g/mol. The second kappa shape index (κ2) is 10.1. The molecular weight excluding hydrogens is 372 g/mol. The van der Waals surface area contributed by atoms with Crippen molar-refractivity contribution in [2.75, 3.05) is 49.5 Å². The maximum absolute atomic E-state index is 11.8. The van der Waals surface area contributed by atoms with Gasteiger partial charge in [-0.3, -0.25) is 15.0 Å². The van der Waals surface area contributed by atoms with Gasteiger partial charge in [-0.15, -0.1) is 0 Å². The molecule has 0 amide bonds. The number of anilines is 3. The molecule has 0 atom stereocenters. The standard InChI is InChI=1S/C20H28N6O3/c1-2-3-4-16-5-7-17(8-6-16)23-19-18(26(28)29)20(22-15-21-19)25-11-9-24(10-12-25)13-14-27/h5-8,15,27H,2-4,9-14H2,1H3,(H,21,22,23). The lowest BCUT2D eigenvalue weighted by Crippen LogP contribution is -2.47. The summed E-state index contributed by atoms with van der Waals surface area (Å²) in [5.41, 5.74) is 1.89. The first-order valence-corrected chi connectivity index (χ1v) is 10.1. The maximum Gasteiger partial charge on any atom is 0.353 e. The van der Waals surface area contributed by atoms with Gasteiger partial charge in [-0.2, -0.15) is 0 Å². The highest BCUT2D eigenvalue weighted by molar-refractivity contribution is 5.74. The third-order valence-electron chi connectivity index (χ3n) is 5.11. The van der Waals surface area contributed by atoms with Gasteiger partial charge in [-0.1, -0.05) is 25.5 Å². The lowest BCUT2D eigenvalue weighted by atomic mass is 10.1. The summed E-state index contributed by atoms with van der Waals surface area (Å²) >= 11 is 0. The van der Waals surface area contributed by atoms with Crippen LogP contribution in [0.4, 0.5) is 23.0 Å². The normalized spacial score (nSPS) is 14.8. The Morgan fingerprint density at radius 2 is 1.90 bits per heavy atom. The molecule has 1 aliphatic heterocycles. The quantitative estimate of drug-likeness (QED) is 0.488. The van der Waals surface area contributed by atoms with E-state index in [1.807, 2.05) is 29.2 Å². The van der Waals surface area contributed by atoms with Gasteiger partial charge < -0.3 is 15.3 Å². The van der Waals surface area contributed by atoms with Crippen LogP contribution in [0.5, 0.6) is 0 Å². The minimum Gasteiger partial charge on any atom is -0.395 e. The average molecular weight is 400 g/mol. The van der Waals surface area contributed by atoms with Crippen molar-refractivity contribution in [2.24, 2.45) is 0 Å². The van der Waals surface area contributed by atoms with Crippen molar-refractivity contribution in [2.45, 2.75) is 26.2 Å². The number of β-amino-alcohol motifs (C(OH)–C–C–N with tert-alkyl or cyclic N) is 1. The third-order valence-corrected chi connectivity index (χ3v) is 5.11. The van der Waals surface area contributed by atoms with Crippen molar-refractivity contribution in [1.82, 2.24) is 14.9 Å². The molecule has 2 N–H and O–H groups in total. The molecule has 0 bridgehead atoms. The molecule has 0 spiro atoms. The zero-order chi connectivity index (χ0) is 20.6. The Kier molecular flexibility index (Phi) is 7.31. The molecular formula is C20H28N6O3. The van der Waals surface area contributed by atoms with E-state index in [9.17, 15) is 10.1 Å². The SMILES string of the molecule is CCCCc1ccc(Nc2ncnc(N3CCN(CCO)CC3)c2[N+](=O)[O-])cc1. The number of nitrogens with zero attached hydrogens (tertiary/aromatic N) is 5. The van der Waals surface area contributed by atoms with Crippen LogP contribution in [-0.4, -0.2) is 64.2 Å². The van der Waals surface area contributed by atoms with E-state index in [0.29, 0.717) is 25.5 Å². The van der Waals surface area contributed by atoms with Crippen molar-refractivity contribution in [1.29, 1.82) is 0 Å². The molecule has 156 valence electrons. The highest BCUT2D eigenvalue weighted by Crippen LogP contribution is 2.34. The summed E-state index contributed by atoms with van der Waals surface area (Å²) in [6, 6.07) is 7.91. The number of unbranched alkanes of at least 4 members (excludes halogenated alkanes) is 1. The fraction of sp³-hybridized carbons (Fsp3) is 0.500. The number of piperazine rings is 1. The molecule has 2 aromatic rings. The van der Waals surface area contributed by atoms with Gasteiger partial charge in [0.2, 0.25) is 11.6 Å². The van der Waals surface area contributed by atoms with E-state index >= 15 is 0 Å². The number of hydrogen-bond donors (Lipinski definition) is 2. The second-order valence-corrected chi connectivity index (χ2v) is 7.13. The number of aliphatic hydroxyl groups excluding tert-OH is 1. The fourth-order valence-electron chi connectivity index (χ4n) is 3.46. The van der Waals surface area contributed by atoms with E-state index in [1.54, 1.807) is 0 Å². The number of aromatic nitrogens is 2. The average Bonchev–Trinajstić information content (AvgIpc) is 2.74. The number of benzene rings is 1. The fourth-order valence-corrected chi connectivity index (χ4v) is 3.46. The summed E-state index contributed by atoms with van der Waals surface area (Å²) in [6.07, 6.45) is 4.67. The van der Waals surface area contributed by atoms with Gasteiger partial charge in [0.05, 0.1) is 11.5 Å². The Bertz CT molecular complexity index is 806. The maximum atomic E-state index is 11.8. The molecule has 0 unspecified atom stereocenters. The Balaban J connectivity index is 1.78. The van der Waals surface area contributed by atoms with E-state index in [1.165, 1.54) is 11.9 Å². The smallest absolute Gasteiger partial charge is 0.353 e. The number of nitrogens with one attached hydrogen (secondary N) is 1. The minimum absolute atomic E-state index is 0.110. The summed E-state index contributed by atoms with van der Waals surface area (Å²) in [4.78, 5) is 23.8. The van der Waals surface area contributed by atoms with Gasteiger partial charge in [-0.05, 0) is 30.5 Å². The topological polar surface area (TPSA) is 108 Å². The zero-order valence-corrected chi connectivity index (χ0v) is 16.8. The van der Waals surface area contributed by atoms with Crippen molar-refractivity contribution >= 4 is 23.0 Å². The van der Waals surface area contributed by atoms with Crippen LogP contribution in [-0.2, 0) is 6.42 Å². The van der Waals surface area contributed by atoms with Crippen molar-refractivity contribution in [3.8, 4) is 0 Å². The number of aryl methyl sites for hydroxylation is 1. The number of rotatable bonds is 9. The first kappa shape index (κ1) is 20.9. The molecule has 3 rings (SSSR count). The van der Waals surface area contributed by atoms with Gasteiger partial charge in [0.1, 0.15) is 6.33 Å². The predicted octanol–water partition coefficient (Wildman–Crippen LogP) is 2.59. The van der Waals surface area contributed by atoms with Gasteiger partial charge in [0, 0.05) is 38.4 Å². The van der Waals surface area contributed by atoms with Crippen LogP contribution in [0.1, 0.15) is 25.3 Å². The van der Waals surface area contributed by atoms with Gasteiger partial charge >= 0.3 is 5.69 Å². The van der Waals surface area contributed by atoms with Gasteiger partial charge in [-0.25, -0.2) is 9.97 Å². The first-order chi connectivity index (χ1) is 14.1. The molecule has 0 radical (unpaired) electrons. The molecule has 1 fully saturated rings. The Labute approximate surface area is 170 Å².